The highest BCUT2D eigenvalue weighted by Crippen LogP contribution is 2.34. The summed E-state index contributed by atoms with van der Waals surface area (Å²) in [5.74, 6) is 1.21. The average Bonchev–Trinajstić information content (AvgIpc) is 3.21. The first kappa shape index (κ1) is 20.4. The van der Waals surface area contributed by atoms with Crippen LogP contribution < -0.4 is 14.8 Å². The highest BCUT2D eigenvalue weighted by Gasteiger charge is 2.33. The van der Waals surface area contributed by atoms with Crippen LogP contribution in [0.3, 0.4) is 0 Å². The number of carbonyl (C=O) groups is 1. The topological polar surface area (TPSA) is 101 Å². The molecule has 160 valence electrons. The lowest BCUT2D eigenvalue weighted by molar-refractivity contribution is -0.116. The normalized spacial score (nSPS) is 21.2. The van der Waals surface area contributed by atoms with Crippen LogP contribution in [0.2, 0.25) is 0 Å². The van der Waals surface area contributed by atoms with Crippen molar-refractivity contribution in [3.63, 3.8) is 0 Å². The fourth-order valence-corrected chi connectivity index (χ4v) is 5.14. The van der Waals surface area contributed by atoms with E-state index >= 15 is 0 Å². The highest BCUT2D eigenvalue weighted by molar-refractivity contribution is 7.86. The van der Waals surface area contributed by atoms with Gasteiger partial charge in [-0.05, 0) is 12.1 Å². The number of nitrogens with one attached hydrogen (secondary N) is 1. The molecule has 1 aromatic rings. The summed E-state index contributed by atoms with van der Waals surface area (Å²) in [6, 6.07) is 5.29. The van der Waals surface area contributed by atoms with Gasteiger partial charge in [-0.15, -0.1) is 0 Å². The third kappa shape index (κ3) is 4.81. The fraction of sp³-hybridized carbons (Fsp3) is 0.611. The van der Waals surface area contributed by atoms with Gasteiger partial charge in [-0.25, -0.2) is 0 Å². The molecule has 0 bridgehead atoms. The second-order valence-corrected chi connectivity index (χ2v) is 9.05. The van der Waals surface area contributed by atoms with E-state index in [9.17, 15) is 13.2 Å². The number of amides is 1. The maximum absolute atomic E-state index is 12.7. The minimum atomic E-state index is -3.43. The van der Waals surface area contributed by atoms with Gasteiger partial charge in [0, 0.05) is 64.0 Å². The number of piperazine rings is 1. The number of nitrogens with zero attached hydrogens (tertiary/aromatic N) is 3. The monoisotopic (exact) mass is 426 g/mol. The first-order valence-corrected chi connectivity index (χ1v) is 11.2. The number of ether oxygens (including phenoxy) is 3. The van der Waals surface area contributed by atoms with E-state index in [-0.39, 0.29) is 12.7 Å². The van der Waals surface area contributed by atoms with E-state index in [4.69, 9.17) is 14.2 Å². The molecular formula is C18H26N4O6S. The lowest BCUT2D eigenvalue weighted by Crippen LogP contribution is -2.55. The average molecular weight is 426 g/mol. The number of anilines is 1. The summed E-state index contributed by atoms with van der Waals surface area (Å²) in [5, 5.41) is 2.86. The van der Waals surface area contributed by atoms with Crippen molar-refractivity contribution in [3.8, 4) is 11.5 Å². The lowest BCUT2D eigenvalue weighted by atomic mass is 10.2. The fourth-order valence-electron chi connectivity index (χ4n) is 3.58. The van der Waals surface area contributed by atoms with Gasteiger partial charge in [-0.2, -0.15) is 17.0 Å². The Bertz CT molecular complexity index is 835. The molecule has 3 heterocycles. The molecule has 0 aliphatic carbocycles. The Morgan fingerprint density at radius 2 is 1.66 bits per heavy atom. The molecule has 0 spiro atoms. The van der Waals surface area contributed by atoms with E-state index in [0.717, 1.165) is 0 Å². The molecule has 3 aliphatic rings. The summed E-state index contributed by atoms with van der Waals surface area (Å²) in [7, 11) is -3.43. The quantitative estimate of drug-likeness (QED) is 0.680. The summed E-state index contributed by atoms with van der Waals surface area (Å²) in [4.78, 5) is 14.4. The van der Waals surface area contributed by atoms with Gasteiger partial charge in [0.2, 0.25) is 12.7 Å². The summed E-state index contributed by atoms with van der Waals surface area (Å²) in [5.41, 5.74) is 0.667. The third-order valence-electron chi connectivity index (χ3n) is 5.27. The summed E-state index contributed by atoms with van der Waals surface area (Å²) < 4.78 is 44.2. The Kier molecular flexibility index (Phi) is 6.20. The van der Waals surface area contributed by atoms with Crippen LogP contribution in [-0.2, 0) is 19.7 Å². The molecule has 0 saturated carbocycles. The maximum atomic E-state index is 12.7. The van der Waals surface area contributed by atoms with Crippen LogP contribution >= 0.6 is 0 Å². The molecular weight excluding hydrogens is 400 g/mol. The standard InChI is InChI=1S/C18H26N4O6S/c23-18(19-15-1-2-16-17(13-15)28-14-27-16)3-4-20-5-7-21(8-6-20)29(24,25)22-9-11-26-12-10-22/h1-2,13H,3-12,14H2,(H,19,23). The van der Waals surface area contributed by atoms with Gasteiger partial charge >= 0.3 is 0 Å². The predicted molar refractivity (Wildman–Crippen MR) is 105 cm³/mol. The molecule has 0 atom stereocenters. The van der Waals surface area contributed by atoms with Crippen LogP contribution in [0.1, 0.15) is 6.42 Å². The zero-order chi connectivity index (χ0) is 20.3. The van der Waals surface area contributed by atoms with Gasteiger partial charge in [0.1, 0.15) is 0 Å². The Labute approximate surface area is 170 Å². The zero-order valence-corrected chi connectivity index (χ0v) is 17.0. The van der Waals surface area contributed by atoms with Crippen LogP contribution in [0, 0.1) is 0 Å². The molecule has 10 nitrogen and oxygen atoms in total. The first-order valence-electron chi connectivity index (χ1n) is 9.77. The SMILES string of the molecule is O=C(CCN1CCN(S(=O)(=O)N2CCOCC2)CC1)Nc1ccc2c(c1)OCO2. The van der Waals surface area contributed by atoms with Crippen molar-refractivity contribution in [2.45, 2.75) is 6.42 Å². The minimum absolute atomic E-state index is 0.0905. The summed E-state index contributed by atoms with van der Waals surface area (Å²) >= 11 is 0. The molecule has 2 fully saturated rings. The van der Waals surface area contributed by atoms with E-state index in [0.29, 0.717) is 82.6 Å². The molecule has 2 saturated heterocycles. The van der Waals surface area contributed by atoms with Crippen molar-refractivity contribution < 1.29 is 27.4 Å². The molecule has 0 radical (unpaired) electrons. The number of hydrogen-bond acceptors (Lipinski definition) is 7. The molecule has 1 aromatic carbocycles. The molecule has 4 rings (SSSR count). The van der Waals surface area contributed by atoms with Crippen LogP contribution in [0.15, 0.2) is 18.2 Å². The van der Waals surface area contributed by atoms with Crippen molar-refractivity contribution in [2.75, 3.05) is 71.1 Å². The first-order chi connectivity index (χ1) is 14.0. The van der Waals surface area contributed by atoms with E-state index < -0.39 is 10.2 Å². The Morgan fingerprint density at radius 3 is 2.41 bits per heavy atom. The van der Waals surface area contributed by atoms with Crippen LogP contribution in [0.4, 0.5) is 5.69 Å². The number of hydrogen-bond donors (Lipinski definition) is 1. The van der Waals surface area contributed by atoms with Crippen molar-refractivity contribution >= 4 is 21.8 Å². The Hall–Kier alpha value is -1.92. The van der Waals surface area contributed by atoms with E-state index in [1.807, 2.05) is 0 Å². The van der Waals surface area contributed by atoms with Gasteiger partial charge in [-0.1, -0.05) is 0 Å². The molecule has 29 heavy (non-hydrogen) atoms. The van der Waals surface area contributed by atoms with Crippen molar-refractivity contribution in [2.24, 2.45) is 0 Å². The van der Waals surface area contributed by atoms with Gasteiger partial charge in [0.15, 0.2) is 11.5 Å². The molecule has 11 heteroatoms. The largest absolute Gasteiger partial charge is 0.454 e. The lowest BCUT2D eigenvalue weighted by Gasteiger charge is -2.37. The van der Waals surface area contributed by atoms with Crippen molar-refractivity contribution in [1.82, 2.24) is 13.5 Å². The van der Waals surface area contributed by atoms with Crippen LogP contribution in [0.5, 0.6) is 11.5 Å². The predicted octanol–water partition coefficient (Wildman–Crippen LogP) is -0.0615. The number of fused-ring (bicyclic) bond motifs is 1. The second-order valence-electron chi connectivity index (χ2n) is 7.13. The van der Waals surface area contributed by atoms with Gasteiger partial charge in [-0.3, -0.25) is 4.79 Å². The Morgan fingerprint density at radius 1 is 0.966 bits per heavy atom. The molecule has 3 aliphatic heterocycles. The zero-order valence-electron chi connectivity index (χ0n) is 16.2. The van der Waals surface area contributed by atoms with Crippen LogP contribution in [0.25, 0.3) is 0 Å². The molecule has 0 unspecified atom stereocenters. The van der Waals surface area contributed by atoms with Gasteiger partial charge in [0.25, 0.3) is 10.2 Å². The smallest absolute Gasteiger partial charge is 0.282 e. The summed E-state index contributed by atoms with van der Waals surface area (Å²) in [6.07, 6.45) is 0.338. The highest BCUT2D eigenvalue weighted by atomic mass is 32.2. The van der Waals surface area contributed by atoms with Crippen molar-refractivity contribution in [3.05, 3.63) is 18.2 Å². The minimum Gasteiger partial charge on any atom is -0.454 e. The van der Waals surface area contributed by atoms with E-state index in [1.54, 1.807) is 18.2 Å². The third-order valence-corrected chi connectivity index (χ3v) is 7.30. The molecule has 1 amide bonds. The van der Waals surface area contributed by atoms with E-state index in [2.05, 4.69) is 10.2 Å². The van der Waals surface area contributed by atoms with Crippen LogP contribution in [-0.4, -0.2) is 93.7 Å². The number of benzene rings is 1. The maximum Gasteiger partial charge on any atom is 0.282 e. The number of rotatable bonds is 6. The number of morpholine rings is 1. The van der Waals surface area contributed by atoms with Crippen molar-refractivity contribution in [1.29, 1.82) is 0 Å². The summed E-state index contributed by atoms with van der Waals surface area (Å²) in [6.45, 7) is 4.57. The molecule has 1 N–H and O–H groups in total. The number of carbonyl (C=O) groups excluding carboxylic acids is 1. The second kappa shape index (κ2) is 8.84. The van der Waals surface area contributed by atoms with Gasteiger partial charge < -0.3 is 24.4 Å². The van der Waals surface area contributed by atoms with Gasteiger partial charge in [0.05, 0.1) is 13.2 Å². The molecule has 0 aromatic heterocycles. The Balaban J connectivity index is 1.21. The van der Waals surface area contributed by atoms with E-state index in [1.165, 1.54) is 8.61 Å².